The zero-order valence-corrected chi connectivity index (χ0v) is 14.1. The molecule has 2 aromatic heterocycles. The lowest BCUT2D eigenvalue weighted by atomic mass is 9.99. The summed E-state index contributed by atoms with van der Waals surface area (Å²) < 4.78 is 25.2. The monoisotopic (exact) mass is 350 g/mol. The van der Waals surface area contributed by atoms with E-state index in [-0.39, 0.29) is 16.9 Å². The quantitative estimate of drug-likeness (QED) is 0.850. The van der Waals surface area contributed by atoms with E-state index in [0.29, 0.717) is 16.2 Å². The molecule has 2 rings (SSSR count). The Morgan fingerprint density at radius 2 is 2.00 bits per heavy atom. The van der Waals surface area contributed by atoms with Crippen molar-refractivity contribution >= 4 is 38.9 Å². The number of sulfonamides is 1. The van der Waals surface area contributed by atoms with Crippen molar-refractivity contribution in [1.29, 1.82) is 10.5 Å². The van der Waals surface area contributed by atoms with Crippen LogP contribution >= 0.6 is 23.1 Å². The lowest BCUT2D eigenvalue weighted by molar-refractivity contribution is 0.606. The Bertz CT molecular complexity index is 891. The van der Waals surface area contributed by atoms with Gasteiger partial charge in [0, 0.05) is 5.56 Å². The molecule has 0 radical (unpaired) electrons. The van der Waals surface area contributed by atoms with E-state index in [4.69, 9.17) is 0 Å². The summed E-state index contributed by atoms with van der Waals surface area (Å²) in [5.74, 6) is -0.0606. The molecular formula is C13H10N4O2S3. The maximum Gasteiger partial charge on any atom is 0.231 e. The number of rotatable bonds is 4. The SMILES string of the molecule is CSc1nc(NS(C)(=O)=O)c(C#N)c(-c2ccsc2)c1C#N. The lowest BCUT2D eigenvalue weighted by Gasteiger charge is -2.13. The van der Waals surface area contributed by atoms with E-state index in [1.54, 1.807) is 17.7 Å². The first-order chi connectivity index (χ1) is 10.4. The van der Waals surface area contributed by atoms with Crippen molar-refractivity contribution in [2.75, 3.05) is 17.2 Å². The predicted molar refractivity (Wildman–Crippen MR) is 87.2 cm³/mol. The number of anilines is 1. The van der Waals surface area contributed by atoms with Gasteiger partial charge in [0.05, 0.1) is 11.8 Å². The third kappa shape index (κ3) is 3.22. The molecule has 0 aliphatic carbocycles. The first-order valence-corrected chi connectivity index (χ1v) is 9.89. The summed E-state index contributed by atoms with van der Waals surface area (Å²) in [6.07, 6.45) is 2.72. The van der Waals surface area contributed by atoms with Crippen LogP contribution in [0.5, 0.6) is 0 Å². The Morgan fingerprint density at radius 3 is 2.45 bits per heavy atom. The molecule has 1 N–H and O–H groups in total. The van der Waals surface area contributed by atoms with Crippen molar-refractivity contribution in [1.82, 2.24) is 4.98 Å². The Morgan fingerprint density at radius 1 is 1.32 bits per heavy atom. The summed E-state index contributed by atoms with van der Waals surface area (Å²) in [7, 11) is -3.59. The number of nitriles is 2. The van der Waals surface area contributed by atoms with Gasteiger partial charge < -0.3 is 0 Å². The van der Waals surface area contributed by atoms with Crippen LogP contribution in [0, 0.1) is 22.7 Å². The Kier molecular flexibility index (Phi) is 4.71. The van der Waals surface area contributed by atoms with Crippen LogP contribution in [0.1, 0.15) is 11.1 Å². The third-order valence-corrected chi connectivity index (χ3v) is 4.60. The van der Waals surface area contributed by atoms with Crippen LogP contribution in [0.25, 0.3) is 11.1 Å². The second-order valence-electron chi connectivity index (χ2n) is 4.20. The standard InChI is InChI=1S/C13H10N4O2S3/c1-20-13-10(6-15)11(8-3-4-21-7-8)9(5-14)12(16-13)17-22(2,18)19/h3-4,7H,1-2H3,(H,16,17). The Labute approximate surface area is 136 Å². The van der Waals surface area contributed by atoms with Gasteiger partial charge in [-0.15, -0.1) is 11.8 Å². The molecule has 0 fully saturated rings. The summed E-state index contributed by atoms with van der Waals surface area (Å²) in [5, 5.41) is 22.9. The molecule has 0 bridgehead atoms. The van der Waals surface area contributed by atoms with Gasteiger partial charge in [0.2, 0.25) is 10.0 Å². The molecule has 6 nitrogen and oxygen atoms in total. The highest BCUT2D eigenvalue weighted by molar-refractivity contribution is 7.98. The van der Waals surface area contributed by atoms with E-state index in [9.17, 15) is 18.9 Å². The van der Waals surface area contributed by atoms with Crippen molar-refractivity contribution in [2.24, 2.45) is 0 Å². The minimum atomic E-state index is -3.59. The first kappa shape index (κ1) is 16.3. The van der Waals surface area contributed by atoms with Gasteiger partial charge in [-0.1, -0.05) is 0 Å². The fourth-order valence-corrected chi connectivity index (χ4v) is 3.55. The summed E-state index contributed by atoms with van der Waals surface area (Å²) in [6.45, 7) is 0. The molecule has 0 aromatic carbocycles. The average molecular weight is 350 g/mol. The van der Waals surface area contributed by atoms with Gasteiger partial charge in [-0.25, -0.2) is 13.4 Å². The van der Waals surface area contributed by atoms with Crippen LogP contribution in [0.3, 0.4) is 0 Å². The fraction of sp³-hybridized carbons (Fsp3) is 0.154. The van der Waals surface area contributed by atoms with Gasteiger partial charge in [0.25, 0.3) is 0 Å². The Hall–Kier alpha value is -2.07. The summed E-state index contributed by atoms with van der Waals surface area (Å²) >= 11 is 2.64. The number of aromatic nitrogens is 1. The van der Waals surface area contributed by atoms with E-state index in [1.165, 1.54) is 23.1 Å². The molecule has 0 aliphatic heterocycles. The molecule has 0 unspecified atom stereocenters. The van der Waals surface area contributed by atoms with Gasteiger partial charge in [-0.2, -0.15) is 21.9 Å². The predicted octanol–water partition coefficient (Wildman–Crippen LogP) is 2.65. The Balaban J connectivity index is 2.87. The van der Waals surface area contributed by atoms with Gasteiger partial charge in [-0.3, -0.25) is 4.72 Å². The van der Waals surface area contributed by atoms with Gasteiger partial charge in [-0.05, 0) is 28.6 Å². The van der Waals surface area contributed by atoms with Crippen molar-refractivity contribution in [3.8, 4) is 23.3 Å². The molecule has 0 aliphatic rings. The van der Waals surface area contributed by atoms with Gasteiger partial charge >= 0.3 is 0 Å². The highest BCUT2D eigenvalue weighted by Crippen LogP contribution is 2.36. The summed E-state index contributed by atoms with van der Waals surface area (Å²) in [5.41, 5.74) is 1.39. The van der Waals surface area contributed by atoms with Crippen LogP contribution in [-0.2, 0) is 10.0 Å². The number of hydrogen-bond acceptors (Lipinski definition) is 7. The minimum Gasteiger partial charge on any atom is -0.266 e. The molecule has 0 atom stereocenters. The van der Waals surface area contributed by atoms with Crippen LogP contribution in [0.2, 0.25) is 0 Å². The normalized spacial score (nSPS) is 10.7. The number of hydrogen-bond donors (Lipinski definition) is 1. The molecule has 112 valence electrons. The van der Waals surface area contributed by atoms with Crippen LogP contribution < -0.4 is 4.72 Å². The van der Waals surface area contributed by atoms with Crippen LogP contribution in [-0.4, -0.2) is 25.9 Å². The number of thiophene rings is 1. The molecule has 0 spiro atoms. The minimum absolute atomic E-state index is 0.0400. The first-order valence-electron chi connectivity index (χ1n) is 5.83. The highest BCUT2D eigenvalue weighted by Gasteiger charge is 2.22. The van der Waals surface area contributed by atoms with E-state index < -0.39 is 10.0 Å². The number of nitrogens with one attached hydrogen (secondary N) is 1. The summed E-state index contributed by atoms with van der Waals surface area (Å²) in [4.78, 5) is 4.12. The molecule has 0 amide bonds. The largest absolute Gasteiger partial charge is 0.266 e. The third-order valence-electron chi connectivity index (χ3n) is 2.67. The average Bonchev–Trinajstić information content (AvgIpc) is 2.97. The van der Waals surface area contributed by atoms with Crippen molar-refractivity contribution in [3.63, 3.8) is 0 Å². The summed E-state index contributed by atoms with van der Waals surface area (Å²) in [6, 6.07) is 5.79. The molecule has 2 aromatic rings. The number of pyridine rings is 1. The maximum atomic E-state index is 11.5. The highest BCUT2D eigenvalue weighted by atomic mass is 32.2. The van der Waals surface area contributed by atoms with E-state index >= 15 is 0 Å². The van der Waals surface area contributed by atoms with E-state index in [1.807, 2.05) is 11.4 Å². The van der Waals surface area contributed by atoms with Crippen LogP contribution in [0.15, 0.2) is 21.9 Å². The van der Waals surface area contributed by atoms with Crippen molar-refractivity contribution in [3.05, 3.63) is 28.0 Å². The van der Waals surface area contributed by atoms with E-state index in [2.05, 4.69) is 15.8 Å². The topological polar surface area (TPSA) is 107 Å². The second-order valence-corrected chi connectivity index (χ2v) is 7.53. The smallest absolute Gasteiger partial charge is 0.231 e. The zero-order valence-electron chi connectivity index (χ0n) is 11.6. The number of nitrogens with zero attached hydrogens (tertiary/aromatic N) is 3. The molecular weight excluding hydrogens is 340 g/mol. The van der Waals surface area contributed by atoms with Crippen molar-refractivity contribution in [2.45, 2.75) is 5.03 Å². The molecule has 22 heavy (non-hydrogen) atoms. The van der Waals surface area contributed by atoms with Gasteiger partial charge in [0.15, 0.2) is 5.82 Å². The van der Waals surface area contributed by atoms with Gasteiger partial charge in [0.1, 0.15) is 22.7 Å². The number of thioether (sulfide) groups is 1. The maximum absolute atomic E-state index is 11.5. The van der Waals surface area contributed by atoms with Crippen molar-refractivity contribution < 1.29 is 8.42 Å². The molecule has 0 saturated carbocycles. The van der Waals surface area contributed by atoms with Crippen LogP contribution in [0.4, 0.5) is 5.82 Å². The molecule has 0 saturated heterocycles. The lowest BCUT2D eigenvalue weighted by Crippen LogP contribution is -2.14. The fourth-order valence-electron chi connectivity index (χ4n) is 1.87. The second kappa shape index (κ2) is 6.36. The molecule has 9 heteroatoms. The molecule has 2 heterocycles. The van der Waals surface area contributed by atoms with E-state index in [0.717, 1.165) is 6.26 Å². The zero-order chi connectivity index (χ0) is 16.3.